The van der Waals surface area contributed by atoms with Gasteiger partial charge < -0.3 is 19.8 Å². The van der Waals surface area contributed by atoms with E-state index >= 15 is 0 Å². The first-order chi connectivity index (χ1) is 9.54. The smallest absolute Gasteiger partial charge is 0.371 e. The number of carboxylic acids is 1. The third-order valence-electron chi connectivity index (χ3n) is 2.69. The Morgan fingerprint density at radius 2 is 2.30 bits per heavy atom. The molecule has 9 heteroatoms. The number of hydrogen-bond donors (Lipinski definition) is 3. The van der Waals surface area contributed by atoms with Crippen molar-refractivity contribution in [3.8, 4) is 0 Å². The van der Waals surface area contributed by atoms with E-state index in [0.717, 1.165) is 0 Å². The van der Waals surface area contributed by atoms with Gasteiger partial charge in [-0.25, -0.2) is 9.78 Å². The number of nitrogens with zero attached hydrogens (tertiary/aromatic N) is 3. The van der Waals surface area contributed by atoms with Crippen molar-refractivity contribution in [2.24, 2.45) is 0 Å². The van der Waals surface area contributed by atoms with E-state index in [1.54, 1.807) is 4.57 Å². The summed E-state index contributed by atoms with van der Waals surface area (Å²) >= 11 is 0. The zero-order chi connectivity index (χ0) is 14.3. The van der Waals surface area contributed by atoms with E-state index in [4.69, 9.17) is 15.3 Å². The highest BCUT2D eigenvalue weighted by Gasteiger charge is 2.13. The number of imidazole rings is 1. The number of rotatable bonds is 3. The Morgan fingerprint density at radius 1 is 1.50 bits per heavy atom. The van der Waals surface area contributed by atoms with Gasteiger partial charge in [0.25, 0.3) is 5.56 Å². The number of anilines is 1. The lowest BCUT2D eigenvalue weighted by atomic mass is 10.4. The number of carbonyl (C=O) groups is 1. The Balaban J connectivity index is 2.02. The van der Waals surface area contributed by atoms with Crippen LogP contribution in [0.25, 0.3) is 11.2 Å². The highest BCUT2D eigenvalue weighted by Crippen LogP contribution is 2.13. The molecule has 20 heavy (non-hydrogen) atoms. The number of fused-ring (bicyclic) bond motifs is 1. The molecule has 0 spiro atoms. The molecule has 0 unspecified atom stereocenters. The van der Waals surface area contributed by atoms with Gasteiger partial charge in [0.2, 0.25) is 11.7 Å². The molecule has 9 nitrogen and oxygen atoms in total. The van der Waals surface area contributed by atoms with Crippen LogP contribution in [0, 0.1) is 0 Å². The van der Waals surface area contributed by atoms with Gasteiger partial charge in [-0.2, -0.15) is 4.98 Å². The molecule has 3 aromatic rings. The molecule has 0 saturated heterocycles. The minimum atomic E-state index is -1.15. The van der Waals surface area contributed by atoms with Crippen LogP contribution in [-0.4, -0.2) is 30.6 Å². The third kappa shape index (κ3) is 1.90. The zero-order valence-corrected chi connectivity index (χ0v) is 10.0. The topological polar surface area (TPSA) is 140 Å². The molecule has 0 aliphatic rings. The Bertz CT molecular complexity index is 859. The molecule has 0 saturated carbocycles. The molecule has 0 amide bonds. The van der Waals surface area contributed by atoms with Crippen molar-refractivity contribution in [3.05, 3.63) is 40.3 Å². The van der Waals surface area contributed by atoms with Crippen molar-refractivity contribution in [2.75, 3.05) is 5.73 Å². The standard InChI is InChI=1S/C11H9N5O4/c12-11-14-8-7(9(17)15-11)13-4-16(8)3-5-1-2-6(20-5)10(18)19/h1-2,4H,3H2,(H,18,19)(H3,12,14,15,17). The molecule has 0 aliphatic heterocycles. The summed E-state index contributed by atoms with van der Waals surface area (Å²) in [6.45, 7) is 0.194. The van der Waals surface area contributed by atoms with Crippen LogP contribution in [0.2, 0.25) is 0 Å². The van der Waals surface area contributed by atoms with E-state index in [1.165, 1.54) is 18.5 Å². The Morgan fingerprint density at radius 3 is 3.00 bits per heavy atom. The van der Waals surface area contributed by atoms with Gasteiger partial charge in [0.15, 0.2) is 11.2 Å². The highest BCUT2D eigenvalue weighted by atomic mass is 16.4. The van der Waals surface area contributed by atoms with E-state index in [-0.39, 0.29) is 23.8 Å². The van der Waals surface area contributed by atoms with Crippen LogP contribution in [0.4, 0.5) is 5.95 Å². The number of aromatic amines is 1. The largest absolute Gasteiger partial charge is 0.475 e. The number of nitrogens with one attached hydrogen (secondary N) is 1. The molecule has 0 aliphatic carbocycles. The second-order valence-electron chi connectivity index (χ2n) is 4.07. The maximum atomic E-state index is 11.6. The van der Waals surface area contributed by atoms with Crippen molar-refractivity contribution in [3.63, 3.8) is 0 Å². The number of aromatic carboxylic acids is 1. The Kier molecular flexibility index (Phi) is 2.53. The fraction of sp³-hybridized carbons (Fsp3) is 0.0909. The van der Waals surface area contributed by atoms with Crippen LogP contribution in [0.1, 0.15) is 16.3 Å². The van der Waals surface area contributed by atoms with Gasteiger partial charge in [-0.1, -0.05) is 0 Å². The van der Waals surface area contributed by atoms with Crippen molar-refractivity contribution in [2.45, 2.75) is 6.54 Å². The lowest BCUT2D eigenvalue weighted by Crippen LogP contribution is -2.12. The van der Waals surface area contributed by atoms with Crippen LogP contribution in [0.5, 0.6) is 0 Å². The zero-order valence-electron chi connectivity index (χ0n) is 10.0. The minimum absolute atomic E-state index is 0.0186. The molecule has 3 aromatic heterocycles. The number of furan rings is 1. The second kappa shape index (κ2) is 4.23. The van der Waals surface area contributed by atoms with Gasteiger partial charge in [0, 0.05) is 0 Å². The molecule has 0 bridgehead atoms. The van der Waals surface area contributed by atoms with Gasteiger partial charge in [0.1, 0.15) is 5.76 Å². The van der Waals surface area contributed by atoms with Crippen LogP contribution in [-0.2, 0) is 6.54 Å². The molecule has 0 aromatic carbocycles. The normalized spacial score (nSPS) is 11.0. The quantitative estimate of drug-likeness (QED) is 0.612. The van der Waals surface area contributed by atoms with Crippen LogP contribution >= 0.6 is 0 Å². The van der Waals surface area contributed by atoms with E-state index in [1.807, 2.05) is 0 Å². The molecule has 4 N–H and O–H groups in total. The fourth-order valence-corrected chi connectivity index (χ4v) is 1.83. The Labute approximate surface area is 110 Å². The first-order valence-electron chi connectivity index (χ1n) is 5.57. The first-order valence-corrected chi connectivity index (χ1v) is 5.57. The lowest BCUT2D eigenvalue weighted by Gasteiger charge is -2.00. The summed E-state index contributed by atoms with van der Waals surface area (Å²) in [5.41, 5.74) is 5.51. The predicted molar refractivity (Wildman–Crippen MR) is 67.3 cm³/mol. The predicted octanol–water partition coefficient (Wildman–Crippen LogP) is 0.0413. The summed E-state index contributed by atoms with van der Waals surface area (Å²) in [6, 6.07) is 2.89. The number of aromatic nitrogens is 4. The van der Waals surface area contributed by atoms with Crippen LogP contribution in [0.15, 0.2) is 27.7 Å². The van der Waals surface area contributed by atoms with Gasteiger partial charge in [-0.15, -0.1) is 0 Å². The summed E-state index contributed by atoms with van der Waals surface area (Å²) in [4.78, 5) is 32.6. The van der Waals surface area contributed by atoms with E-state index in [2.05, 4.69) is 15.0 Å². The molecule has 3 rings (SSSR count). The van der Waals surface area contributed by atoms with Gasteiger partial charge in [-0.3, -0.25) is 9.78 Å². The SMILES string of the molecule is Nc1nc2c(ncn2Cc2ccc(C(=O)O)o2)c(=O)[nH]1. The Hall–Kier alpha value is -3.10. The molecular formula is C11H9N5O4. The lowest BCUT2D eigenvalue weighted by molar-refractivity contribution is 0.0660. The van der Waals surface area contributed by atoms with E-state index in [0.29, 0.717) is 11.4 Å². The van der Waals surface area contributed by atoms with Crippen molar-refractivity contribution in [1.82, 2.24) is 19.5 Å². The molecule has 0 atom stereocenters. The number of carboxylic acid groups (broad SMARTS) is 1. The summed E-state index contributed by atoms with van der Waals surface area (Å²) in [5.74, 6) is -0.919. The fourth-order valence-electron chi connectivity index (χ4n) is 1.83. The van der Waals surface area contributed by atoms with Crippen LogP contribution in [0.3, 0.4) is 0 Å². The molecule has 102 valence electrons. The number of H-pyrrole nitrogens is 1. The van der Waals surface area contributed by atoms with Crippen molar-refractivity contribution in [1.29, 1.82) is 0 Å². The van der Waals surface area contributed by atoms with Crippen LogP contribution < -0.4 is 11.3 Å². The molecule has 3 heterocycles. The summed E-state index contributed by atoms with van der Waals surface area (Å²) in [6.07, 6.45) is 1.41. The van der Waals surface area contributed by atoms with Gasteiger partial charge in [-0.05, 0) is 12.1 Å². The van der Waals surface area contributed by atoms with E-state index < -0.39 is 11.5 Å². The maximum Gasteiger partial charge on any atom is 0.371 e. The average Bonchev–Trinajstić information content (AvgIpc) is 2.98. The summed E-state index contributed by atoms with van der Waals surface area (Å²) in [5, 5.41) is 8.78. The summed E-state index contributed by atoms with van der Waals surface area (Å²) < 4.78 is 6.68. The summed E-state index contributed by atoms with van der Waals surface area (Å²) in [7, 11) is 0. The number of hydrogen-bond acceptors (Lipinski definition) is 6. The van der Waals surface area contributed by atoms with Gasteiger partial charge >= 0.3 is 5.97 Å². The van der Waals surface area contributed by atoms with Gasteiger partial charge in [0.05, 0.1) is 12.9 Å². The second-order valence-corrected chi connectivity index (χ2v) is 4.07. The van der Waals surface area contributed by atoms with Crippen molar-refractivity contribution < 1.29 is 14.3 Å². The van der Waals surface area contributed by atoms with Crippen molar-refractivity contribution >= 4 is 23.1 Å². The third-order valence-corrected chi connectivity index (χ3v) is 2.69. The average molecular weight is 275 g/mol. The van der Waals surface area contributed by atoms with E-state index in [9.17, 15) is 9.59 Å². The molecule has 0 radical (unpaired) electrons. The highest BCUT2D eigenvalue weighted by molar-refractivity contribution is 5.84. The number of nitrogen functional groups attached to an aromatic ring is 1. The first kappa shape index (κ1) is 12.0. The molecule has 0 fully saturated rings. The molecular weight excluding hydrogens is 266 g/mol. The number of nitrogens with two attached hydrogens (primary N) is 1. The monoisotopic (exact) mass is 275 g/mol. The minimum Gasteiger partial charge on any atom is -0.475 e. The maximum absolute atomic E-state index is 11.6.